The van der Waals surface area contributed by atoms with Crippen molar-refractivity contribution < 1.29 is 0 Å². The highest BCUT2D eigenvalue weighted by Gasteiger charge is 2.10. The van der Waals surface area contributed by atoms with Crippen LogP contribution < -0.4 is 4.90 Å². The third kappa shape index (κ3) is 2.68. The van der Waals surface area contributed by atoms with E-state index >= 15 is 0 Å². The van der Waals surface area contributed by atoms with Gasteiger partial charge in [0.15, 0.2) is 10.3 Å². The molecule has 1 heterocycles. The topological polar surface area (TPSA) is 29.0 Å². The number of rotatable bonds is 2. The lowest BCUT2D eigenvalue weighted by Crippen LogP contribution is -2.11. The maximum absolute atomic E-state index is 6.01. The summed E-state index contributed by atoms with van der Waals surface area (Å²) >= 11 is 11.8. The third-order valence-corrected chi connectivity index (χ3v) is 2.90. The predicted molar refractivity (Wildman–Crippen MR) is 71.3 cm³/mol. The zero-order valence-electron chi connectivity index (χ0n) is 9.48. The zero-order chi connectivity index (χ0) is 12.4. The van der Waals surface area contributed by atoms with Crippen LogP contribution in [-0.2, 0) is 0 Å². The summed E-state index contributed by atoms with van der Waals surface area (Å²) in [6.07, 6.45) is 0. The van der Waals surface area contributed by atoms with Gasteiger partial charge in [-0.2, -0.15) is 0 Å². The Hall–Kier alpha value is -1.32. The molecule has 1 aromatic heterocycles. The fraction of sp³-hybridized carbons (Fsp3) is 0.167. The van der Waals surface area contributed by atoms with E-state index in [9.17, 15) is 0 Å². The van der Waals surface area contributed by atoms with Crippen LogP contribution in [0.4, 0.5) is 11.4 Å². The standard InChI is InChI=1S/C12H11Cl2N3/c1-8-4-3-5-9(6-8)17(2)10-7-11(13)15-16-12(10)14/h3-7H,1-2H3. The van der Waals surface area contributed by atoms with Gasteiger partial charge in [0.1, 0.15) is 0 Å². The maximum Gasteiger partial charge on any atom is 0.175 e. The van der Waals surface area contributed by atoms with Gasteiger partial charge in [0.25, 0.3) is 0 Å². The van der Waals surface area contributed by atoms with E-state index in [4.69, 9.17) is 23.2 Å². The lowest BCUT2D eigenvalue weighted by molar-refractivity contribution is 1.02. The van der Waals surface area contributed by atoms with E-state index in [1.807, 2.05) is 37.1 Å². The smallest absolute Gasteiger partial charge is 0.175 e. The van der Waals surface area contributed by atoms with Gasteiger partial charge in [-0.3, -0.25) is 0 Å². The van der Waals surface area contributed by atoms with Gasteiger partial charge >= 0.3 is 0 Å². The minimum Gasteiger partial charge on any atom is -0.342 e. The highest BCUT2D eigenvalue weighted by Crippen LogP contribution is 2.30. The number of nitrogens with zero attached hydrogens (tertiary/aromatic N) is 3. The van der Waals surface area contributed by atoms with Crippen molar-refractivity contribution in [2.24, 2.45) is 0 Å². The van der Waals surface area contributed by atoms with Crippen molar-refractivity contribution in [2.45, 2.75) is 6.92 Å². The Morgan fingerprint density at radius 3 is 2.59 bits per heavy atom. The number of aryl methyl sites for hydroxylation is 1. The molecule has 0 spiro atoms. The molecule has 2 aromatic rings. The Labute approximate surface area is 110 Å². The molecule has 0 aliphatic rings. The summed E-state index contributed by atoms with van der Waals surface area (Å²) in [5.41, 5.74) is 2.94. The van der Waals surface area contributed by atoms with Gasteiger partial charge in [0, 0.05) is 18.8 Å². The first-order chi connectivity index (χ1) is 8.08. The first-order valence-corrected chi connectivity index (χ1v) is 5.82. The molecule has 2 rings (SSSR count). The normalized spacial score (nSPS) is 10.4. The molecule has 0 atom stereocenters. The second-order valence-electron chi connectivity index (χ2n) is 3.74. The predicted octanol–water partition coefficient (Wildman–Crippen LogP) is 3.86. The third-order valence-electron chi connectivity index (χ3n) is 2.45. The van der Waals surface area contributed by atoms with E-state index in [0.717, 1.165) is 11.4 Å². The fourth-order valence-electron chi connectivity index (χ4n) is 1.56. The molecule has 3 nitrogen and oxygen atoms in total. The van der Waals surface area contributed by atoms with Crippen LogP contribution >= 0.6 is 23.2 Å². The van der Waals surface area contributed by atoms with Crippen LogP contribution in [-0.4, -0.2) is 17.2 Å². The average molecular weight is 268 g/mol. The summed E-state index contributed by atoms with van der Waals surface area (Å²) in [6.45, 7) is 2.04. The molecule has 88 valence electrons. The molecule has 0 unspecified atom stereocenters. The van der Waals surface area contributed by atoms with Gasteiger partial charge in [-0.1, -0.05) is 35.3 Å². The minimum atomic E-state index is 0.323. The zero-order valence-corrected chi connectivity index (χ0v) is 11.0. The van der Waals surface area contributed by atoms with Crippen molar-refractivity contribution in [2.75, 3.05) is 11.9 Å². The largest absolute Gasteiger partial charge is 0.342 e. The van der Waals surface area contributed by atoms with Crippen molar-refractivity contribution in [3.8, 4) is 0 Å². The summed E-state index contributed by atoms with van der Waals surface area (Å²) < 4.78 is 0. The number of halogens is 2. The molecule has 0 amide bonds. The van der Waals surface area contributed by atoms with E-state index < -0.39 is 0 Å². The van der Waals surface area contributed by atoms with E-state index in [-0.39, 0.29) is 0 Å². The number of hydrogen-bond donors (Lipinski definition) is 0. The van der Waals surface area contributed by atoms with Crippen molar-refractivity contribution in [3.05, 3.63) is 46.2 Å². The quantitative estimate of drug-likeness (QED) is 0.828. The first kappa shape index (κ1) is 12.1. The van der Waals surface area contributed by atoms with Crippen LogP contribution in [0.1, 0.15) is 5.56 Å². The first-order valence-electron chi connectivity index (χ1n) is 5.07. The van der Waals surface area contributed by atoms with Crippen LogP contribution in [0.3, 0.4) is 0 Å². The van der Waals surface area contributed by atoms with Gasteiger partial charge in [-0.15, -0.1) is 10.2 Å². The number of benzene rings is 1. The Morgan fingerprint density at radius 2 is 1.88 bits per heavy atom. The summed E-state index contributed by atoms with van der Waals surface area (Å²) in [6, 6.07) is 9.78. The van der Waals surface area contributed by atoms with Crippen LogP contribution in [0, 0.1) is 6.92 Å². The van der Waals surface area contributed by atoms with Crippen molar-refractivity contribution in [3.63, 3.8) is 0 Å². The molecule has 1 aromatic carbocycles. The lowest BCUT2D eigenvalue weighted by Gasteiger charge is -2.20. The van der Waals surface area contributed by atoms with Crippen molar-refractivity contribution >= 4 is 34.6 Å². The Morgan fingerprint density at radius 1 is 1.12 bits per heavy atom. The van der Waals surface area contributed by atoms with E-state index in [1.165, 1.54) is 5.56 Å². The molecule has 0 saturated heterocycles. The number of anilines is 2. The lowest BCUT2D eigenvalue weighted by atomic mass is 10.2. The van der Waals surface area contributed by atoms with E-state index in [0.29, 0.717) is 10.3 Å². The molecule has 0 radical (unpaired) electrons. The Balaban J connectivity index is 2.43. The van der Waals surface area contributed by atoms with Crippen LogP contribution in [0.5, 0.6) is 0 Å². The van der Waals surface area contributed by atoms with Crippen molar-refractivity contribution in [1.29, 1.82) is 0 Å². The van der Waals surface area contributed by atoms with Gasteiger partial charge in [0.05, 0.1) is 5.69 Å². The Kier molecular flexibility index (Phi) is 3.50. The molecule has 0 bridgehead atoms. The molecule has 0 N–H and O–H groups in total. The maximum atomic E-state index is 6.01. The SMILES string of the molecule is Cc1cccc(N(C)c2cc(Cl)nnc2Cl)c1. The summed E-state index contributed by atoms with van der Waals surface area (Å²) in [7, 11) is 1.91. The van der Waals surface area contributed by atoms with Crippen LogP contribution in [0.15, 0.2) is 30.3 Å². The van der Waals surface area contributed by atoms with Crippen LogP contribution in [0.25, 0.3) is 0 Å². The average Bonchev–Trinajstić information content (AvgIpc) is 2.31. The van der Waals surface area contributed by atoms with Gasteiger partial charge < -0.3 is 4.90 Å². The second kappa shape index (κ2) is 4.90. The summed E-state index contributed by atoms with van der Waals surface area (Å²) in [5, 5.41) is 8.13. The molecule has 0 aliphatic heterocycles. The molecule has 0 aliphatic carbocycles. The van der Waals surface area contributed by atoms with Crippen LogP contribution in [0.2, 0.25) is 10.3 Å². The molecule has 5 heteroatoms. The Bertz CT molecular complexity index is 543. The number of aromatic nitrogens is 2. The summed E-state index contributed by atoms with van der Waals surface area (Å²) in [5.74, 6) is 0. The second-order valence-corrected chi connectivity index (χ2v) is 4.49. The highest BCUT2D eigenvalue weighted by molar-refractivity contribution is 6.33. The fourth-order valence-corrected chi connectivity index (χ4v) is 1.92. The monoisotopic (exact) mass is 267 g/mol. The minimum absolute atomic E-state index is 0.323. The van der Waals surface area contributed by atoms with E-state index in [1.54, 1.807) is 6.07 Å². The van der Waals surface area contributed by atoms with Gasteiger partial charge in [0.2, 0.25) is 0 Å². The molecular formula is C12H11Cl2N3. The molecule has 17 heavy (non-hydrogen) atoms. The van der Waals surface area contributed by atoms with E-state index in [2.05, 4.69) is 16.3 Å². The van der Waals surface area contributed by atoms with Gasteiger partial charge in [-0.05, 0) is 24.6 Å². The van der Waals surface area contributed by atoms with Crippen molar-refractivity contribution in [1.82, 2.24) is 10.2 Å². The number of hydrogen-bond acceptors (Lipinski definition) is 3. The highest BCUT2D eigenvalue weighted by atomic mass is 35.5. The molecular weight excluding hydrogens is 257 g/mol. The summed E-state index contributed by atoms with van der Waals surface area (Å²) in [4.78, 5) is 1.93. The molecule has 0 fully saturated rings. The molecule has 0 saturated carbocycles. The van der Waals surface area contributed by atoms with Gasteiger partial charge in [-0.25, -0.2) is 0 Å².